The summed E-state index contributed by atoms with van der Waals surface area (Å²) in [5.41, 5.74) is 1.23. The largest absolute Gasteiger partial charge is 0.405 e. The van der Waals surface area contributed by atoms with Gasteiger partial charge in [0.1, 0.15) is 6.54 Å². The van der Waals surface area contributed by atoms with E-state index in [0.29, 0.717) is 50.0 Å². The van der Waals surface area contributed by atoms with Crippen molar-refractivity contribution in [3.8, 4) is 5.69 Å². The fourth-order valence-corrected chi connectivity index (χ4v) is 4.06. The lowest BCUT2D eigenvalue weighted by Crippen LogP contribution is -2.33. The van der Waals surface area contributed by atoms with Crippen LogP contribution in [0.2, 0.25) is 0 Å². The molecule has 7 nitrogen and oxygen atoms in total. The summed E-state index contributed by atoms with van der Waals surface area (Å²) in [5.74, 6) is -1.24. The Morgan fingerprint density at radius 3 is 2.40 bits per heavy atom. The maximum atomic E-state index is 12.8. The molecule has 0 unspecified atom stereocenters. The molecule has 0 aliphatic heterocycles. The number of carbonyl (C=O) groups excluding carboxylic acids is 2. The van der Waals surface area contributed by atoms with Crippen LogP contribution in [0.15, 0.2) is 41.8 Å². The van der Waals surface area contributed by atoms with Crippen LogP contribution in [0.5, 0.6) is 0 Å². The number of nitrogens with one attached hydrogen (secondary N) is 2. The Morgan fingerprint density at radius 2 is 1.74 bits per heavy atom. The molecule has 0 spiro atoms. The first-order valence-corrected chi connectivity index (χ1v) is 11.9. The Hall–Kier alpha value is -3.28. The van der Waals surface area contributed by atoms with Gasteiger partial charge in [0.05, 0.1) is 18.1 Å². The quantitative estimate of drug-likeness (QED) is 0.281. The summed E-state index contributed by atoms with van der Waals surface area (Å²) in [4.78, 5) is 25.9. The van der Waals surface area contributed by atoms with Crippen LogP contribution in [0.3, 0.4) is 0 Å². The number of amides is 2. The normalized spacial score (nSPS) is 11.4. The minimum Gasteiger partial charge on any atom is -0.350 e. The van der Waals surface area contributed by atoms with E-state index < -0.39 is 25.3 Å². The van der Waals surface area contributed by atoms with E-state index >= 15 is 0 Å². The molecular weight excluding hydrogens is 486 g/mol. The highest BCUT2D eigenvalue weighted by Gasteiger charge is 2.28. The molecule has 0 aliphatic carbocycles. The molecule has 188 valence electrons. The summed E-state index contributed by atoms with van der Waals surface area (Å²) in [5, 5.41) is 14.8. The van der Waals surface area contributed by atoms with E-state index in [0.717, 1.165) is 4.88 Å². The van der Waals surface area contributed by atoms with Crippen molar-refractivity contribution in [2.45, 2.75) is 38.3 Å². The van der Waals surface area contributed by atoms with Gasteiger partial charge in [0.25, 0.3) is 11.8 Å². The van der Waals surface area contributed by atoms with Crippen LogP contribution in [0.25, 0.3) is 5.69 Å². The molecule has 0 atom stereocenters. The van der Waals surface area contributed by atoms with Gasteiger partial charge in [0.2, 0.25) is 0 Å². The van der Waals surface area contributed by atoms with Gasteiger partial charge in [-0.2, -0.15) is 13.2 Å². The second kappa shape index (κ2) is 12.4. The van der Waals surface area contributed by atoms with Crippen LogP contribution in [-0.2, 0) is 12.8 Å². The Balaban J connectivity index is 1.74. The Morgan fingerprint density at radius 1 is 0.971 bits per heavy atom. The van der Waals surface area contributed by atoms with E-state index in [-0.39, 0.29) is 17.2 Å². The van der Waals surface area contributed by atoms with Crippen molar-refractivity contribution in [2.75, 3.05) is 19.8 Å². The molecule has 0 radical (unpaired) electrons. The fraction of sp³-hybridized carbons (Fsp3) is 0.391. The first kappa shape index (κ1) is 26.3. The summed E-state index contributed by atoms with van der Waals surface area (Å²) in [6, 6.07) is 9.69. The van der Waals surface area contributed by atoms with Crippen LogP contribution < -0.4 is 10.6 Å². The zero-order valence-corrected chi connectivity index (χ0v) is 19.6. The zero-order chi connectivity index (χ0) is 25.3. The zero-order valence-electron chi connectivity index (χ0n) is 18.8. The third kappa shape index (κ3) is 7.88. The summed E-state index contributed by atoms with van der Waals surface area (Å²) < 4.78 is 51.0. The molecule has 2 amide bonds. The first-order chi connectivity index (χ1) is 16.8. The molecule has 0 fully saturated rings. The maximum Gasteiger partial charge on any atom is 0.405 e. The van der Waals surface area contributed by atoms with E-state index in [1.54, 1.807) is 11.3 Å². The van der Waals surface area contributed by atoms with Crippen molar-refractivity contribution in [3.63, 3.8) is 0 Å². The van der Waals surface area contributed by atoms with E-state index in [1.807, 2.05) is 22.8 Å². The van der Waals surface area contributed by atoms with Crippen LogP contribution in [0.4, 0.5) is 17.6 Å². The SMILES string of the molecule is O=C(NCC(F)(F)F)c1ccc(-n2nnc(C(=O)NCCc3cccs3)c2CCCCCF)cc1. The van der Waals surface area contributed by atoms with Gasteiger partial charge in [-0.1, -0.05) is 17.7 Å². The number of unbranched alkanes of at least 4 members (excludes halogenated alkanes) is 2. The number of rotatable bonds is 12. The molecule has 3 rings (SSSR count). The lowest BCUT2D eigenvalue weighted by molar-refractivity contribution is -0.123. The number of nitrogens with zero attached hydrogens (tertiary/aromatic N) is 3. The van der Waals surface area contributed by atoms with Gasteiger partial charge in [-0.05, 0) is 61.4 Å². The maximum absolute atomic E-state index is 12.8. The Labute approximate surface area is 203 Å². The lowest BCUT2D eigenvalue weighted by atomic mass is 10.1. The fourth-order valence-electron chi connectivity index (χ4n) is 3.35. The topological polar surface area (TPSA) is 88.9 Å². The van der Waals surface area contributed by atoms with Gasteiger partial charge < -0.3 is 10.6 Å². The van der Waals surface area contributed by atoms with E-state index in [9.17, 15) is 27.2 Å². The molecule has 3 aromatic rings. The Bertz CT molecular complexity index is 1100. The number of carbonyl (C=O) groups is 2. The highest BCUT2D eigenvalue weighted by molar-refractivity contribution is 7.09. The number of hydrogen-bond donors (Lipinski definition) is 2. The van der Waals surface area contributed by atoms with Gasteiger partial charge >= 0.3 is 6.18 Å². The third-order valence-electron chi connectivity index (χ3n) is 5.09. The van der Waals surface area contributed by atoms with Gasteiger partial charge in [0.15, 0.2) is 5.69 Å². The molecule has 12 heteroatoms. The van der Waals surface area contributed by atoms with Crippen LogP contribution in [0, 0.1) is 0 Å². The Kier molecular flexibility index (Phi) is 9.35. The second-order valence-electron chi connectivity index (χ2n) is 7.73. The minimum atomic E-state index is -4.51. The summed E-state index contributed by atoms with van der Waals surface area (Å²) in [6.07, 6.45) is -1.75. The predicted octanol–water partition coefficient (Wildman–Crippen LogP) is 4.28. The molecular formula is C23H25F4N5O2S. The van der Waals surface area contributed by atoms with Gasteiger partial charge in [-0.3, -0.25) is 14.0 Å². The number of thiophene rings is 1. The number of alkyl halides is 4. The average molecular weight is 512 g/mol. The van der Waals surface area contributed by atoms with Gasteiger partial charge in [-0.25, -0.2) is 4.68 Å². The third-order valence-corrected chi connectivity index (χ3v) is 6.02. The highest BCUT2D eigenvalue weighted by atomic mass is 32.1. The van der Waals surface area contributed by atoms with Crippen LogP contribution in [0.1, 0.15) is 50.7 Å². The molecule has 0 saturated heterocycles. The van der Waals surface area contributed by atoms with Crippen molar-refractivity contribution in [1.29, 1.82) is 0 Å². The number of aromatic nitrogens is 3. The first-order valence-electron chi connectivity index (χ1n) is 11.0. The van der Waals surface area contributed by atoms with Crippen molar-refractivity contribution < 1.29 is 27.2 Å². The smallest absolute Gasteiger partial charge is 0.350 e. The monoisotopic (exact) mass is 511 g/mol. The number of halogens is 4. The standard InChI is InChI=1S/C23H25F4N5O2S/c24-12-3-1-2-6-19-20(22(34)28-13-11-18-5-4-14-35-18)30-31-32(19)17-9-7-16(8-10-17)21(33)29-15-23(25,26)27/h4-5,7-10,14H,1-3,6,11-13,15H2,(H,28,34)(H,29,33). The molecule has 1 aromatic carbocycles. The predicted molar refractivity (Wildman–Crippen MR) is 124 cm³/mol. The molecule has 2 aromatic heterocycles. The highest BCUT2D eigenvalue weighted by Crippen LogP contribution is 2.18. The summed E-state index contributed by atoms with van der Waals surface area (Å²) in [6.45, 7) is -1.43. The van der Waals surface area contributed by atoms with Crippen molar-refractivity contribution in [3.05, 3.63) is 63.6 Å². The molecule has 0 bridgehead atoms. The molecule has 0 saturated carbocycles. The van der Waals surface area contributed by atoms with E-state index in [2.05, 4.69) is 15.6 Å². The summed E-state index contributed by atoms with van der Waals surface area (Å²) in [7, 11) is 0. The lowest BCUT2D eigenvalue weighted by Gasteiger charge is -2.10. The number of benzene rings is 1. The van der Waals surface area contributed by atoms with Crippen molar-refractivity contribution >= 4 is 23.2 Å². The van der Waals surface area contributed by atoms with Gasteiger partial charge in [-0.15, -0.1) is 16.4 Å². The molecule has 2 N–H and O–H groups in total. The van der Waals surface area contributed by atoms with E-state index in [1.165, 1.54) is 28.9 Å². The van der Waals surface area contributed by atoms with Crippen molar-refractivity contribution in [2.24, 2.45) is 0 Å². The van der Waals surface area contributed by atoms with Crippen molar-refractivity contribution in [1.82, 2.24) is 25.6 Å². The number of hydrogen-bond acceptors (Lipinski definition) is 5. The molecule has 35 heavy (non-hydrogen) atoms. The summed E-state index contributed by atoms with van der Waals surface area (Å²) >= 11 is 1.60. The molecule has 2 heterocycles. The minimum absolute atomic E-state index is 0.0501. The van der Waals surface area contributed by atoms with E-state index in [4.69, 9.17) is 0 Å². The van der Waals surface area contributed by atoms with Crippen LogP contribution >= 0.6 is 11.3 Å². The molecule has 0 aliphatic rings. The average Bonchev–Trinajstić information content (AvgIpc) is 3.50. The van der Waals surface area contributed by atoms with Crippen LogP contribution in [-0.4, -0.2) is 52.7 Å². The van der Waals surface area contributed by atoms with Gasteiger partial charge in [0, 0.05) is 17.0 Å². The second-order valence-corrected chi connectivity index (χ2v) is 8.76.